The van der Waals surface area contributed by atoms with Gasteiger partial charge in [0.2, 0.25) is 0 Å². The summed E-state index contributed by atoms with van der Waals surface area (Å²) < 4.78 is 2.61. The van der Waals surface area contributed by atoms with Crippen molar-refractivity contribution < 1.29 is 0 Å². The van der Waals surface area contributed by atoms with Gasteiger partial charge in [-0.2, -0.15) is 0 Å². The van der Waals surface area contributed by atoms with Crippen LogP contribution in [0.4, 0.5) is 17.1 Å². The van der Waals surface area contributed by atoms with E-state index in [-0.39, 0.29) is 5.41 Å². The van der Waals surface area contributed by atoms with Crippen molar-refractivity contribution in [2.75, 3.05) is 4.90 Å². The van der Waals surface area contributed by atoms with Gasteiger partial charge in [-0.1, -0.05) is 178 Å². The Morgan fingerprint density at radius 3 is 1.75 bits per heavy atom. The van der Waals surface area contributed by atoms with Gasteiger partial charge >= 0.3 is 0 Å². The van der Waals surface area contributed by atoms with Gasteiger partial charge in [-0.15, -0.1) is 11.3 Å². The van der Waals surface area contributed by atoms with Gasteiger partial charge in [0.05, 0.1) is 44.0 Å². The van der Waals surface area contributed by atoms with Gasteiger partial charge in [0, 0.05) is 38.8 Å². The van der Waals surface area contributed by atoms with E-state index in [1.54, 1.807) is 0 Å². The molecule has 1 aliphatic heterocycles. The quantitative estimate of drug-likeness (QED) is 0.177. The lowest BCUT2D eigenvalue weighted by Gasteiger charge is -2.43. The zero-order chi connectivity index (χ0) is 48.0. The third kappa shape index (κ3) is 4.73. The second-order valence-electron chi connectivity index (χ2n) is 21.4. The first-order chi connectivity index (χ1) is 36.0. The monoisotopic (exact) mass is 947 g/mol. The Labute approximate surface area is 427 Å². The molecule has 342 valence electrons. The fourth-order valence-corrected chi connectivity index (χ4v) is 16.4. The highest BCUT2D eigenvalue weighted by molar-refractivity contribution is 7.27. The maximum atomic E-state index is 5.11. The number of aromatic nitrogens is 2. The molecule has 0 amide bonds. The first-order valence-electron chi connectivity index (χ1n) is 25.8. The van der Waals surface area contributed by atoms with Gasteiger partial charge in [0.1, 0.15) is 0 Å². The van der Waals surface area contributed by atoms with Crippen LogP contribution in [0.25, 0.3) is 64.6 Å². The standard InChI is InChI=1S/C69H45N3S/c1-67(2)50-23-11-12-26-57(50)72(59-39-55-48(38-56(59)67)44-20-9-10-22-49(44)68(55,42-16-5-3-6-17-42)43-18-7-4-8-19-43)58-27-13-21-45-46-33-35-52-62(66(46)73-65(45)58)47-32-30-40-28-29-41-31-34-51(61(47)60(40)41)69(52)53-24-14-36-70-63(53)64-54(69)25-15-37-71-64/h3-27,30-39H,28-29H2,1-2H3. The van der Waals surface area contributed by atoms with Crippen molar-refractivity contribution in [1.29, 1.82) is 0 Å². The third-order valence-corrected chi connectivity index (χ3v) is 19.2. The van der Waals surface area contributed by atoms with E-state index in [1.165, 1.54) is 137 Å². The average Bonchev–Trinajstić information content (AvgIpc) is 4.21. The molecule has 3 aromatic heterocycles. The molecular formula is C69H45N3S. The molecular weight excluding hydrogens is 903 g/mol. The van der Waals surface area contributed by atoms with Crippen molar-refractivity contribution in [3.05, 3.63) is 279 Å². The van der Waals surface area contributed by atoms with Crippen LogP contribution in [-0.2, 0) is 29.1 Å². The molecule has 0 bridgehead atoms. The van der Waals surface area contributed by atoms with Gasteiger partial charge in [-0.25, -0.2) is 0 Å². The Morgan fingerprint density at radius 1 is 0.397 bits per heavy atom. The summed E-state index contributed by atoms with van der Waals surface area (Å²) in [4.78, 5) is 12.8. The number of nitrogens with zero attached hydrogens (tertiary/aromatic N) is 3. The first-order valence-corrected chi connectivity index (χ1v) is 26.6. The van der Waals surface area contributed by atoms with E-state index in [0.717, 1.165) is 24.2 Å². The van der Waals surface area contributed by atoms with E-state index in [2.05, 4.69) is 219 Å². The number of anilines is 3. The van der Waals surface area contributed by atoms with E-state index in [1.807, 2.05) is 23.7 Å². The van der Waals surface area contributed by atoms with Gasteiger partial charge in [-0.05, 0) is 143 Å². The minimum atomic E-state index is -0.583. The Hall–Kier alpha value is -8.44. The molecule has 0 unspecified atom stereocenters. The van der Waals surface area contributed by atoms with Crippen LogP contribution in [0.5, 0.6) is 0 Å². The molecule has 0 N–H and O–H groups in total. The minimum absolute atomic E-state index is 0.288. The van der Waals surface area contributed by atoms with Crippen LogP contribution in [0.15, 0.2) is 213 Å². The maximum Gasteiger partial charge on any atom is 0.0937 e. The molecule has 0 saturated heterocycles. The summed E-state index contributed by atoms with van der Waals surface area (Å²) in [6.45, 7) is 4.85. The smallest absolute Gasteiger partial charge is 0.0937 e. The van der Waals surface area contributed by atoms with Crippen molar-refractivity contribution in [3.8, 4) is 33.6 Å². The predicted octanol–water partition coefficient (Wildman–Crippen LogP) is 16.9. The summed E-state index contributed by atoms with van der Waals surface area (Å²) in [5, 5.41) is 5.41. The molecule has 9 aromatic carbocycles. The van der Waals surface area contributed by atoms with E-state index >= 15 is 0 Å². The predicted molar refractivity (Wildman–Crippen MR) is 300 cm³/mol. The normalized spacial score (nSPS) is 16.0. The minimum Gasteiger partial charge on any atom is -0.308 e. The Bertz CT molecular complexity index is 4330. The number of fused-ring (bicyclic) bond motifs is 18. The van der Waals surface area contributed by atoms with E-state index < -0.39 is 10.8 Å². The van der Waals surface area contributed by atoms with Crippen molar-refractivity contribution in [2.45, 2.75) is 42.9 Å². The molecule has 5 aliphatic rings. The number of hydrogen-bond acceptors (Lipinski definition) is 4. The van der Waals surface area contributed by atoms with Crippen LogP contribution in [0.3, 0.4) is 0 Å². The van der Waals surface area contributed by atoms with Gasteiger partial charge in [0.25, 0.3) is 0 Å². The summed E-state index contributed by atoms with van der Waals surface area (Å²) in [6, 6.07) is 76.5. The molecule has 0 fully saturated rings. The van der Waals surface area contributed by atoms with Crippen molar-refractivity contribution >= 4 is 59.3 Å². The highest BCUT2D eigenvalue weighted by Gasteiger charge is 2.53. The van der Waals surface area contributed by atoms with Gasteiger partial charge in [-0.3, -0.25) is 9.97 Å². The zero-order valence-corrected chi connectivity index (χ0v) is 41.2. The molecule has 4 aliphatic carbocycles. The first kappa shape index (κ1) is 40.2. The zero-order valence-electron chi connectivity index (χ0n) is 40.4. The lowest BCUT2D eigenvalue weighted by atomic mass is 9.61. The number of pyridine rings is 2. The van der Waals surface area contributed by atoms with Crippen LogP contribution in [0.1, 0.15) is 80.6 Å². The van der Waals surface area contributed by atoms with Crippen LogP contribution in [-0.4, -0.2) is 9.97 Å². The maximum absolute atomic E-state index is 5.11. The summed E-state index contributed by atoms with van der Waals surface area (Å²) >= 11 is 1.97. The second-order valence-corrected chi connectivity index (χ2v) is 22.4. The summed E-state index contributed by atoms with van der Waals surface area (Å²) in [7, 11) is 0. The van der Waals surface area contributed by atoms with Crippen molar-refractivity contribution in [2.24, 2.45) is 0 Å². The van der Waals surface area contributed by atoms with Crippen LogP contribution in [0, 0.1) is 0 Å². The van der Waals surface area contributed by atoms with Crippen molar-refractivity contribution in [3.63, 3.8) is 0 Å². The van der Waals surface area contributed by atoms with Crippen LogP contribution < -0.4 is 4.90 Å². The molecule has 0 saturated carbocycles. The highest BCUT2D eigenvalue weighted by Crippen LogP contribution is 2.65. The third-order valence-electron chi connectivity index (χ3n) is 17.9. The largest absolute Gasteiger partial charge is 0.308 e. The molecule has 73 heavy (non-hydrogen) atoms. The molecule has 1 spiro atoms. The Kier molecular flexibility index (Phi) is 7.68. The van der Waals surface area contributed by atoms with Crippen molar-refractivity contribution in [1.82, 2.24) is 9.97 Å². The number of rotatable bonds is 3. The van der Waals surface area contributed by atoms with Crippen LogP contribution >= 0.6 is 11.3 Å². The van der Waals surface area contributed by atoms with Crippen LogP contribution in [0.2, 0.25) is 0 Å². The lowest BCUT2D eigenvalue weighted by Crippen LogP contribution is -2.32. The Balaban J connectivity index is 0.978. The molecule has 3 nitrogen and oxygen atoms in total. The molecule has 0 radical (unpaired) electrons. The van der Waals surface area contributed by atoms with Gasteiger partial charge < -0.3 is 4.90 Å². The number of para-hydroxylation sites is 1. The van der Waals surface area contributed by atoms with E-state index in [9.17, 15) is 0 Å². The SMILES string of the molecule is CC1(C)c2ccccc2N(c2cccc3c2sc2c4c(ccc23)C2(c3cccnc3-c3ncccc32)c2ccc3c5c(ccc-4c25)CC3)c2cc3c(cc21)-c1ccccc1C3(c1ccccc1)c1ccccc1. The molecule has 4 heteroatoms. The number of thiophene rings is 1. The number of benzene rings is 9. The number of aryl methyl sites for hydroxylation is 2. The molecule has 0 atom stereocenters. The topological polar surface area (TPSA) is 29.0 Å². The summed E-state index contributed by atoms with van der Waals surface area (Å²) in [5.74, 6) is 0. The number of hydrogen-bond donors (Lipinski definition) is 0. The molecule has 4 heterocycles. The Morgan fingerprint density at radius 2 is 1.01 bits per heavy atom. The highest BCUT2D eigenvalue weighted by atomic mass is 32.1. The summed E-state index contributed by atoms with van der Waals surface area (Å²) in [6.07, 6.45) is 6.02. The fraction of sp³-hybridized carbons (Fsp3) is 0.101. The second kappa shape index (κ2) is 13.9. The van der Waals surface area contributed by atoms with Gasteiger partial charge in [0.15, 0.2) is 0 Å². The fourth-order valence-electron chi connectivity index (χ4n) is 15.0. The van der Waals surface area contributed by atoms with E-state index in [4.69, 9.17) is 9.97 Å². The average molecular weight is 948 g/mol. The summed E-state index contributed by atoms with van der Waals surface area (Å²) in [5.41, 5.74) is 25.4. The van der Waals surface area contributed by atoms with E-state index in [0.29, 0.717) is 0 Å². The molecule has 17 rings (SSSR count). The lowest BCUT2D eigenvalue weighted by molar-refractivity contribution is 0.631. The molecule has 12 aromatic rings.